The Kier molecular flexibility index (Phi) is 5.93. The second-order valence-electron chi connectivity index (χ2n) is 7.73. The van der Waals surface area contributed by atoms with Gasteiger partial charge in [-0.15, -0.1) is 0 Å². The summed E-state index contributed by atoms with van der Waals surface area (Å²) in [6.07, 6.45) is 5.38. The molecule has 0 saturated heterocycles. The van der Waals surface area contributed by atoms with Crippen molar-refractivity contribution in [1.82, 2.24) is 4.98 Å². The predicted octanol–water partition coefficient (Wildman–Crippen LogP) is 3.92. The molecule has 162 valence electrons. The fourth-order valence-corrected chi connectivity index (χ4v) is 4.28. The maximum absolute atomic E-state index is 12.8. The van der Waals surface area contributed by atoms with Crippen molar-refractivity contribution in [3.8, 4) is 5.75 Å². The van der Waals surface area contributed by atoms with Crippen molar-refractivity contribution >= 4 is 35.0 Å². The number of esters is 1. The number of hydrogen-bond acceptors (Lipinski definition) is 5. The molecule has 1 aliphatic heterocycles. The van der Waals surface area contributed by atoms with Crippen molar-refractivity contribution in [2.45, 2.75) is 45.4 Å². The van der Waals surface area contributed by atoms with Crippen molar-refractivity contribution in [2.75, 3.05) is 19.0 Å². The summed E-state index contributed by atoms with van der Waals surface area (Å²) < 4.78 is 10.4. The van der Waals surface area contributed by atoms with Crippen LogP contribution in [-0.2, 0) is 27.2 Å². The first kappa shape index (κ1) is 20.9. The van der Waals surface area contributed by atoms with E-state index in [-0.39, 0.29) is 24.1 Å². The molecule has 2 heterocycles. The van der Waals surface area contributed by atoms with Gasteiger partial charge >= 0.3 is 5.97 Å². The van der Waals surface area contributed by atoms with Gasteiger partial charge in [0, 0.05) is 41.0 Å². The first-order valence-electron chi connectivity index (χ1n) is 10.7. The van der Waals surface area contributed by atoms with Gasteiger partial charge in [0.05, 0.1) is 19.3 Å². The third-order valence-corrected chi connectivity index (χ3v) is 5.76. The van der Waals surface area contributed by atoms with E-state index in [1.165, 1.54) is 0 Å². The summed E-state index contributed by atoms with van der Waals surface area (Å²) in [6, 6.07) is 5.42. The predicted molar refractivity (Wildman–Crippen MR) is 117 cm³/mol. The van der Waals surface area contributed by atoms with E-state index in [0.717, 1.165) is 36.1 Å². The first-order valence-corrected chi connectivity index (χ1v) is 10.7. The number of amides is 1. The number of rotatable bonds is 6. The summed E-state index contributed by atoms with van der Waals surface area (Å²) in [4.78, 5) is 40.9. The van der Waals surface area contributed by atoms with E-state index in [1.807, 2.05) is 12.1 Å². The number of Topliss-reactive ketones (excluding diaryl/α,β-unsaturated/α-hetero) is 1. The molecule has 0 bridgehead atoms. The van der Waals surface area contributed by atoms with Crippen LogP contribution in [0.3, 0.4) is 0 Å². The molecule has 1 aromatic carbocycles. The topological polar surface area (TPSA) is 97.5 Å². The maximum atomic E-state index is 12.8. The Morgan fingerprint density at radius 3 is 2.77 bits per heavy atom. The van der Waals surface area contributed by atoms with Gasteiger partial charge in [0.25, 0.3) is 5.91 Å². The second-order valence-corrected chi connectivity index (χ2v) is 7.73. The van der Waals surface area contributed by atoms with Crippen molar-refractivity contribution in [1.29, 1.82) is 0 Å². The number of aromatic nitrogens is 1. The molecule has 0 saturated carbocycles. The number of anilines is 1. The van der Waals surface area contributed by atoms with E-state index < -0.39 is 0 Å². The van der Waals surface area contributed by atoms with E-state index in [0.29, 0.717) is 47.7 Å². The number of aryl methyl sites for hydroxylation is 1. The van der Waals surface area contributed by atoms with Crippen LogP contribution in [0.2, 0.25) is 0 Å². The van der Waals surface area contributed by atoms with Crippen LogP contribution in [0.15, 0.2) is 18.2 Å². The zero-order valence-electron chi connectivity index (χ0n) is 17.8. The Morgan fingerprint density at radius 1 is 1.19 bits per heavy atom. The van der Waals surface area contributed by atoms with E-state index >= 15 is 0 Å². The number of nitrogens with one attached hydrogen (secondary N) is 2. The van der Waals surface area contributed by atoms with Gasteiger partial charge in [-0.3, -0.25) is 14.4 Å². The number of carbonyl (C=O) groups is 3. The average Bonchev–Trinajstić information content (AvgIpc) is 3.19. The number of benzene rings is 1. The molecular weight excluding hydrogens is 396 g/mol. The van der Waals surface area contributed by atoms with Crippen molar-refractivity contribution in [2.24, 2.45) is 0 Å². The first-order chi connectivity index (χ1) is 15.0. The van der Waals surface area contributed by atoms with Crippen LogP contribution in [0.4, 0.5) is 5.69 Å². The second kappa shape index (κ2) is 8.79. The van der Waals surface area contributed by atoms with Gasteiger partial charge in [-0.05, 0) is 62.4 Å². The quantitative estimate of drug-likeness (QED) is 0.418. The van der Waals surface area contributed by atoms with E-state index in [1.54, 1.807) is 26.2 Å². The minimum absolute atomic E-state index is 0.0881. The van der Waals surface area contributed by atoms with Gasteiger partial charge in [-0.1, -0.05) is 0 Å². The Morgan fingerprint density at radius 2 is 2.00 bits per heavy atom. The summed E-state index contributed by atoms with van der Waals surface area (Å²) >= 11 is 0. The molecule has 1 amide bonds. The number of hydrogen-bond donors (Lipinski definition) is 2. The smallest absolute Gasteiger partial charge is 0.306 e. The highest BCUT2D eigenvalue weighted by Crippen LogP contribution is 2.37. The third-order valence-electron chi connectivity index (χ3n) is 5.76. The van der Waals surface area contributed by atoms with Crippen LogP contribution in [0.25, 0.3) is 11.6 Å². The Bertz CT molecular complexity index is 1080. The molecule has 7 nitrogen and oxygen atoms in total. The number of methoxy groups -OCH3 is 1. The van der Waals surface area contributed by atoms with Crippen LogP contribution >= 0.6 is 0 Å². The molecule has 7 heteroatoms. The Labute approximate surface area is 180 Å². The summed E-state index contributed by atoms with van der Waals surface area (Å²) in [5, 5.41) is 2.87. The summed E-state index contributed by atoms with van der Waals surface area (Å²) in [7, 11) is 1.58. The molecule has 0 atom stereocenters. The SMILES string of the molecule is CCOC(=O)CCc1c(C=C2C(=O)Nc3ccc(OC)cc32)[nH]c2c1C(=O)CCCC2. The lowest BCUT2D eigenvalue weighted by Crippen LogP contribution is -2.08. The zero-order chi connectivity index (χ0) is 22.0. The van der Waals surface area contributed by atoms with Crippen LogP contribution in [0.1, 0.15) is 65.5 Å². The molecule has 1 aromatic heterocycles. The van der Waals surface area contributed by atoms with Gasteiger partial charge in [-0.2, -0.15) is 0 Å². The van der Waals surface area contributed by atoms with E-state index in [4.69, 9.17) is 9.47 Å². The number of ether oxygens (including phenoxy) is 2. The molecule has 0 fully saturated rings. The number of fused-ring (bicyclic) bond motifs is 2. The van der Waals surface area contributed by atoms with Crippen LogP contribution in [-0.4, -0.2) is 36.4 Å². The summed E-state index contributed by atoms with van der Waals surface area (Å²) in [6.45, 7) is 2.09. The lowest BCUT2D eigenvalue weighted by molar-refractivity contribution is -0.143. The van der Waals surface area contributed by atoms with Crippen molar-refractivity contribution in [3.05, 3.63) is 46.3 Å². The molecule has 4 rings (SSSR count). The van der Waals surface area contributed by atoms with Gasteiger partial charge in [-0.25, -0.2) is 0 Å². The van der Waals surface area contributed by atoms with Crippen LogP contribution < -0.4 is 10.1 Å². The van der Waals surface area contributed by atoms with Gasteiger partial charge in [0.1, 0.15) is 5.75 Å². The molecule has 1 aliphatic carbocycles. The van der Waals surface area contributed by atoms with Crippen molar-refractivity contribution in [3.63, 3.8) is 0 Å². The van der Waals surface area contributed by atoms with Gasteiger partial charge in [0.15, 0.2) is 5.78 Å². The zero-order valence-corrected chi connectivity index (χ0v) is 17.8. The molecule has 0 radical (unpaired) electrons. The van der Waals surface area contributed by atoms with E-state index in [9.17, 15) is 14.4 Å². The molecule has 2 N–H and O–H groups in total. The normalized spacial score (nSPS) is 16.5. The Hall–Kier alpha value is -3.35. The average molecular weight is 422 g/mol. The van der Waals surface area contributed by atoms with Gasteiger partial charge in [0.2, 0.25) is 0 Å². The fourth-order valence-electron chi connectivity index (χ4n) is 4.28. The third kappa shape index (κ3) is 4.13. The van der Waals surface area contributed by atoms with Gasteiger partial charge < -0.3 is 19.8 Å². The van der Waals surface area contributed by atoms with Crippen LogP contribution in [0, 0.1) is 0 Å². The minimum atomic E-state index is -0.300. The highest BCUT2D eigenvalue weighted by Gasteiger charge is 2.28. The highest BCUT2D eigenvalue weighted by molar-refractivity contribution is 6.35. The molecule has 31 heavy (non-hydrogen) atoms. The number of carbonyl (C=O) groups excluding carboxylic acids is 3. The van der Waals surface area contributed by atoms with E-state index in [2.05, 4.69) is 10.3 Å². The number of ketones is 1. The number of H-pyrrole nitrogens is 1. The van der Waals surface area contributed by atoms with Crippen molar-refractivity contribution < 1.29 is 23.9 Å². The molecule has 0 unspecified atom stereocenters. The lowest BCUT2D eigenvalue weighted by atomic mass is 9.97. The van der Waals surface area contributed by atoms with Crippen LogP contribution in [0.5, 0.6) is 5.75 Å². The maximum Gasteiger partial charge on any atom is 0.306 e. The highest BCUT2D eigenvalue weighted by atomic mass is 16.5. The fraction of sp³-hybridized carbons (Fsp3) is 0.375. The molecule has 2 aliphatic rings. The monoisotopic (exact) mass is 422 g/mol. The summed E-state index contributed by atoms with van der Waals surface area (Å²) in [5.74, 6) is 0.230. The molecule has 2 aromatic rings. The Balaban J connectivity index is 1.78. The molecule has 0 spiro atoms. The standard InChI is InChI=1S/C24H26N2O5/c1-3-31-22(28)11-9-15-20(25-19-6-4-5-7-21(27)23(15)19)13-17-16-12-14(30-2)8-10-18(16)26-24(17)29/h8,10,12-13,25H,3-7,9,11H2,1-2H3,(H,26,29). The lowest BCUT2D eigenvalue weighted by Gasteiger charge is -2.06. The number of aromatic amines is 1. The summed E-state index contributed by atoms with van der Waals surface area (Å²) in [5.41, 5.74) is 5.01. The minimum Gasteiger partial charge on any atom is -0.497 e. The molecular formula is C24H26N2O5. The largest absolute Gasteiger partial charge is 0.497 e.